The van der Waals surface area contributed by atoms with Crippen molar-refractivity contribution in [3.05, 3.63) is 52.0 Å². The lowest BCUT2D eigenvalue weighted by atomic mass is 9.93. The molecule has 6 heteroatoms. The minimum absolute atomic E-state index is 0.164. The monoisotopic (exact) mass is 328 g/mol. The third-order valence-electron chi connectivity index (χ3n) is 4.72. The first-order valence-corrected chi connectivity index (χ1v) is 8.55. The number of carbonyl (C=O) groups is 1. The highest BCUT2D eigenvalue weighted by atomic mass is 16.2. The van der Waals surface area contributed by atoms with Crippen LogP contribution in [0.4, 0.5) is 0 Å². The molecule has 0 aliphatic carbocycles. The number of rotatable bonds is 4. The Kier molecular flexibility index (Phi) is 4.83. The van der Waals surface area contributed by atoms with Gasteiger partial charge in [0.15, 0.2) is 0 Å². The van der Waals surface area contributed by atoms with Crippen LogP contribution in [0.2, 0.25) is 0 Å². The Hall–Kier alpha value is -2.37. The SMILES string of the molecule is CC(C)c1ccc(C(=O)N2CCC(Cc3ncc[nH]3)CC2)c(=O)[nH]1. The molecule has 2 aromatic heterocycles. The highest BCUT2D eigenvalue weighted by Gasteiger charge is 2.25. The summed E-state index contributed by atoms with van der Waals surface area (Å²) in [5.74, 6) is 1.60. The molecule has 1 saturated heterocycles. The lowest BCUT2D eigenvalue weighted by Gasteiger charge is -2.31. The Balaban J connectivity index is 1.62. The van der Waals surface area contributed by atoms with Gasteiger partial charge in [-0.2, -0.15) is 0 Å². The number of pyridine rings is 1. The van der Waals surface area contributed by atoms with Crippen molar-refractivity contribution >= 4 is 5.91 Å². The van der Waals surface area contributed by atoms with Gasteiger partial charge in [-0.15, -0.1) is 0 Å². The summed E-state index contributed by atoms with van der Waals surface area (Å²) in [4.78, 5) is 36.8. The van der Waals surface area contributed by atoms with Crippen LogP contribution in [0.15, 0.2) is 29.3 Å². The number of imidazole rings is 1. The van der Waals surface area contributed by atoms with E-state index in [4.69, 9.17) is 0 Å². The molecule has 24 heavy (non-hydrogen) atoms. The largest absolute Gasteiger partial charge is 0.349 e. The van der Waals surface area contributed by atoms with Crippen LogP contribution < -0.4 is 5.56 Å². The summed E-state index contributed by atoms with van der Waals surface area (Å²) in [5.41, 5.74) is 0.807. The first-order chi connectivity index (χ1) is 11.5. The van der Waals surface area contributed by atoms with E-state index < -0.39 is 0 Å². The van der Waals surface area contributed by atoms with Crippen molar-refractivity contribution in [2.24, 2.45) is 5.92 Å². The molecule has 2 N–H and O–H groups in total. The van der Waals surface area contributed by atoms with Crippen LogP contribution in [0, 0.1) is 5.92 Å². The van der Waals surface area contributed by atoms with Crippen molar-refractivity contribution in [1.82, 2.24) is 19.9 Å². The minimum atomic E-state index is -0.288. The lowest BCUT2D eigenvalue weighted by Crippen LogP contribution is -2.41. The number of piperidine rings is 1. The van der Waals surface area contributed by atoms with E-state index in [0.717, 1.165) is 30.8 Å². The predicted molar refractivity (Wildman–Crippen MR) is 92.1 cm³/mol. The third kappa shape index (κ3) is 3.58. The summed E-state index contributed by atoms with van der Waals surface area (Å²) in [6.07, 6.45) is 6.39. The van der Waals surface area contributed by atoms with E-state index in [1.54, 1.807) is 17.2 Å². The standard InChI is InChI=1S/C18H24N4O2/c1-12(2)15-4-3-14(17(23)21-15)18(24)22-9-5-13(6-10-22)11-16-19-7-8-20-16/h3-4,7-8,12-13H,5-6,9-11H2,1-2H3,(H,19,20)(H,21,23). The Morgan fingerprint density at radius 1 is 1.33 bits per heavy atom. The molecule has 0 unspecified atom stereocenters. The van der Waals surface area contributed by atoms with Crippen LogP contribution in [-0.2, 0) is 6.42 Å². The second-order valence-corrected chi connectivity index (χ2v) is 6.79. The summed E-state index contributed by atoms with van der Waals surface area (Å²) in [5, 5.41) is 0. The van der Waals surface area contributed by atoms with Crippen LogP contribution in [0.5, 0.6) is 0 Å². The number of nitrogens with zero attached hydrogens (tertiary/aromatic N) is 2. The van der Waals surface area contributed by atoms with Gasteiger partial charge < -0.3 is 14.9 Å². The fourth-order valence-electron chi connectivity index (χ4n) is 3.19. The Bertz CT molecular complexity index is 741. The minimum Gasteiger partial charge on any atom is -0.349 e. The number of carbonyl (C=O) groups excluding carboxylic acids is 1. The van der Waals surface area contributed by atoms with Gasteiger partial charge >= 0.3 is 0 Å². The van der Waals surface area contributed by atoms with E-state index in [0.29, 0.717) is 19.0 Å². The van der Waals surface area contributed by atoms with Gasteiger partial charge in [-0.1, -0.05) is 13.8 Å². The molecule has 1 aliphatic rings. The van der Waals surface area contributed by atoms with Crippen molar-refractivity contribution in [1.29, 1.82) is 0 Å². The maximum Gasteiger partial charge on any atom is 0.261 e. The maximum atomic E-state index is 12.6. The van der Waals surface area contributed by atoms with E-state index >= 15 is 0 Å². The topological polar surface area (TPSA) is 81.8 Å². The zero-order valence-electron chi connectivity index (χ0n) is 14.2. The number of amides is 1. The lowest BCUT2D eigenvalue weighted by molar-refractivity contribution is 0.0688. The van der Waals surface area contributed by atoms with Crippen molar-refractivity contribution in [2.75, 3.05) is 13.1 Å². The molecule has 1 fully saturated rings. The van der Waals surface area contributed by atoms with E-state index in [-0.39, 0.29) is 22.9 Å². The van der Waals surface area contributed by atoms with Crippen LogP contribution in [0.1, 0.15) is 54.5 Å². The molecule has 6 nitrogen and oxygen atoms in total. The van der Waals surface area contributed by atoms with Gasteiger partial charge in [0.05, 0.1) is 0 Å². The van der Waals surface area contributed by atoms with Gasteiger partial charge in [-0.25, -0.2) is 4.98 Å². The number of aromatic nitrogens is 3. The third-order valence-corrected chi connectivity index (χ3v) is 4.72. The van der Waals surface area contributed by atoms with Gasteiger partial charge in [0.1, 0.15) is 11.4 Å². The Labute approximate surface area is 141 Å². The van der Waals surface area contributed by atoms with Gasteiger partial charge in [0, 0.05) is 37.6 Å². The van der Waals surface area contributed by atoms with E-state index in [2.05, 4.69) is 15.0 Å². The first kappa shape index (κ1) is 16.5. The molecule has 0 spiro atoms. The van der Waals surface area contributed by atoms with E-state index in [1.165, 1.54) is 0 Å². The molecule has 0 bridgehead atoms. The fourth-order valence-corrected chi connectivity index (χ4v) is 3.19. The smallest absolute Gasteiger partial charge is 0.261 e. The normalized spacial score (nSPS) is 15.9. The molecular weight excluding hydrogens is 304 g/mol. The number of likely N-dealkylation sites (tertiary alicyclic amines) is 1. The molecule has 0 radical (unpaired) electrons. The highest BCUT2D eigenvalue weighted by molar-refractivity contribution is 5.93. The molecule has 1 aliphatic heterocycles. The van der Waals surface area contributed by atoms with Crippen LogP contribution in [0.3, 0.4) is 0 Å². The summed E-state index contributed by atoms with van der Waals surface area (Å²) in [6.45, 7) is 5.40. The summed E-state index contributed by atoms with van der Waals surface area (Å²) < 4.78 is 0. The zero-order valence-corrected chi connectivity index (χ0v) is 14.2. The van der Waals surface area contributed by atoms with Crippen LogP contribution >= 0.6 is 0 Å². The Morgan fingerprint density at radius 2 is 2.08 bits per heavy atom. The first-order valence-electron chi connectivity index (χ1n) is 8.55. The molecular formula is C18H24N4O2. The average Bonchev–Trinajstić information content (AvgIpc) is 3.08. The molecule has 3 heterocycles. The molecule has 1 amide bonds. The number of hydrogen-bond acceptors (Lipinski definition) is 3. The second-order valence-electron chi connectivity index (χ2n) is 6.79. The average molecular weight is 328 g/mol. The van der Waals surface area contributed by atoms with Gasteiger partial charge in [-0.3, -0.25) is 9.59 Å². The summed E-state index contributed by atoms with van der Waals surface area (Å²) in [6, 6.07) is 3.49. The molecule has 2 aromatic rings. The highest BCUT2D eigenvalue weighted by Crippen LogP contribution is 2.21. The van der Waals surface area contributed by atoms with Crippen molar-refractivity contribution < 1.29 is 4.79 Å². The summed E-state index contributed by atoms with van der Waals surface area (Å²) >= 11 is 0. The zero-order chi connectivity index (χ0) is 17.1. The fraction of sp³-hybridized carbons (Fsp3) is 0.500. The number of aromatic amines is 2. The second kappa shape index (κ2) is 7.03. The summed E-state index contributed by atoms with van der Waals surface area (Å²) in [7, 11) is 0. The Morgan fingerprint density at radius 3 is 2.67 bits per heavy atom. The van der Waals surface area contributed by atoms with Crippen LogP contribution in [0.25, 0.3) is 0 Å². The predicted octanol–water partition coefficient (Wildman–Crippen LogP) is 2.32. The molecule has 3 rings (SSSR count). The van der Waals surface area contributed by atoms with Crippen molar-refractivity contribution in [3.8, 4) is 0 Å². The molecule has 0 saturated carbocycles. The number of H-pyrrole nitrogens is 2. The van der Waals surface area contributed by atoms with Gasteiger partial charge in [-0.05, 0) is 36.8 Å². The molecule has 0 atom stereocenters. The maximum absolute atomic E-state index is 12.6. The van der Waals surface area contributed by atoms with Crippen molar-refractivity contribution in [2.45, 2.75) is 39.0 Å². The van der Waals surface area contributed by atoms with Crippen molar-refractivity contribution in [3.63, 3.8) is 0 Å². The number of hydrogen-bond donors (Lipinski definition) is 2. The number of nitrogens with one attached hydrogen (secondary N) is 2. The van der Waals surface area contributed by atoms with Crippen LogP contribution in [-0.4, -0.2) is 38.8 Å². The van der Waals surface area contributed by atoms with Gasteiger partial charge in [0.2, 0.25) is 0 Å². The molecule has 128 valence electrons. The van der Waals surface area contributed by atoms with Gasteiger partial charge in [0.25, 0.3) is 11.5 Å². The van der Waals surface area contributed by atoms with E-state index in [9.17, 15) is 9.59 Å². The quantitative estimate of drug-likeness (QED) is 0.903. The molecule has 0 aromatic carbocycles. The van der Waals surface area contributed by atoms with E-state index in [1.807, 2.05) is 26.1 Å².